The van der Waals surface area contributed by atoms with Crippen LogP contribution in [0.3, 0.4) is 0 Å². The Bertz CT molecular complexity index is 1060. The topological polar surface area (TPSA) is 56.1 Å². The first kappa shape index (κ1) is 20.5. The fraction of sp³-hybridized carbons (Fsp3) is 0.333. The van der Waals surface area contributed by atoms with Crippen molar-refractivity contribution in [3.8, 4) is 5.75 Å². The SMILES string of the molecule is CCN1C(=C2SC(=Nc3ccc(O)cc3)N(C3CCCCC3)C2=O)Sc2ccccc21. The molecule has 2 aromatic carbocycles. The summed E-state index contributed by atoms with van der Waals surface area (Å²) >= 11 is 3.17. The number of phenolic OH excluding ortho intramolecular Hbond substituents is 1. The van der Waals surface area contributed by atoms with Crippen LogP contribution >= 0.6 is 23.5 Å². The molecule has 1 N–H and O–H groups in total. The number of hydrogen-bond donors (Lipinski definition) is 1. The molecule has 2 heterocycles. The standard InChI is InChI=1S/C24H25N3O2S2/c1-2-26-19-10-6-7-11-20(19)30-23(26)21-22(29)27(17-8-4-3-5-9-17)24(31-21)25-16-12-14-18(28)15-13-16/h6-7,10-15,17,28H,2-5,8-9H2,1H3. The maximum Gasteiger partial charge on any atom is 0.269 e. The Kier molecular flexibility index (Phi) is 5.71. The van der Waals surface area contributed by atoms with Crippen molar-refractivity contribution in [3.05, 3.63) is 58.5 Å². The van der Waals surface area contributed by atoms with Gasteiger partial charge < -0.3 is 10.0 Å². The highest BCUT2D eigenvalue weighted by atomic mass is 32.2. The van der Waals surface area contributed by atoms with Crippen LogP contribution in [0.15, 0.2) is 68.4 Å². The number of benzene rings is 2. The predicted molar refractivity (Wildman–Crippen MR) is 129 cm³/mol. The van der Waals surface area contributed by atoms with Crippen LogP contribution in [0.25, 0.3) is 0 Å². The number of amidine groups is 1. The molecule has 31 heavy (non-hydrogen) atoms. The van der Waals surface area contributed by atoms with Crippen molar-refractivity contribution in [1.82, 2.24) is 4.90 Å². The second-order valence-electron chi connectivity index (χ2n) is 7.93. The molecule has 0 radical (unpaired) electrons. The van der Waals surface area contributed by atoms with E-state index in [1.54, 1.807) is 36.0 Å². The monoisotopic (exact) mass is 451 g/mol. The van der Waals surface area contributed by atoms with Crippen LogP contribution in [-0.2, 0) is 4.79 Å². The molecule has 0 bridgehead atoms. The minimum atomic E-state index is 0.0724. The zero-order valence-corrected chi connectivity index (χ0v) is 19.1. The van der Waals surface area contributed by atoms with Gasteiger partial charge in [-0.05, 0) is 67.9 Å². The van der Waals surface area contributed by atoms with E-state index in [-0.39, 0.29) is 17.7 Å². The molecule has 2 aliphatic heterocycles. The van der Waals surface area contributed by atoms with Gasteiger partial charge in [0.1, 0.15) is 15.7 Å². The number of para-hydroxylation sites is 1. The Morgan fingerprint density at radius 1 is 1.03 bits per heavy atom. The summed E-state index contributed by atoms with van der Waals surface area (Å²) in [7, 11) is 0. The van der Waals surface area contributed by atoms with E-state index in [0.29, 0.717) is 0 Å². The summed E-state index contributed by atoms with van der Waals surface area (Å²) in [6, 6.07) is 15.4. The Balaban J connectivity index is 1.56. The quantitative estimate of drug-likeness (QED) is 0.572. The average Bonchev–Trinajstić information content (AvgIpc) is 3.32. The molecular weight excluding hydrogens is 426 g/mol. The second kappa shape index (κ2) is 8.63. The summed E-state index contributed by atoms with van der Waals surface area (Å²) in [4.78, 5) is 24.7. The van der Waals surface area contributed by atoms with E-state index < -0.39 is 0 Å². The first-order valence-electron chi connectivity index (χ1n) is 10.8. The fourth-order valence-corrected chi connectivity index (χ4v) is 6.86. The van der Waals surface area contributed by atoms with Crippen LogP contribution < -0.4 is 4.90 Å². The lowest BCUT2D eigenvalue weighted by Crippen LogP contribution is -2.40. The van der Waals surface area contributed by atoms with Crippen molar-refractivity contribution in [1.29, 1.82) is 0 Å². The maximum atomic E-state index is 13.7. The molecule has 7 heteroatoms. The highest BCUT2D eigenvalue weighted by molar-refractivity contribution is 8.19. The Labute approximate surface area is 191 Å². The lowest BCUT2D eigenvalue weighted by molar-refractivity contribution is -0.124. The molecule has 1 saturated carbocycles. The van der Waals surface area contributed by atoms with Gasteiger partial charge in [0.2, 0.25) is 0 Å². The molecule has 2 fully saturated rings. The van der Waals surface area contributed by atoms with Crippen LogP contribution in [0, 0.1) is 0 Å². The molecule has 0 spiro atoms. The molecule has 5 nitrogen and oxygen atoms in total. The van der Waals surface area contributed by atoms with Crippen LogP contribution in [-0.4, -0.2) is 33.7 Å². The number of rotatable bonds is 3. The first-order chi connectivity index (χ1) is 15.2. The predicted octanol–water partition coefficient (Wildman–Crippen LogP) is 6.09. The average molecular weight is 452 g/mol. The number of nitrogens with zero attached hydrogens (tertiary/aromatic N) is 3. The molecule has 2 aromatic rings. The third kappa shape index (κ3) is 3.85. The first-order valence-corrected chi connectivity index (χ1v) is 12.5. The normalized spacial score (nSPS) is 23.1. The van der Waals surface area contributed by atoms with Crippen molar-refractivity contribution in [2.75, 3.05) is 11.4 Å². The van der Waals surface area contributed by atoms with Crippen LogP contribution in [0.1, 0.15) is 39.0 Å². The van der Waals surface area contributed by atoms with Gasteiger partial charge in [-0.1, -0.05) is 43.2 Å². The lowest BCUT2D eigenvalue weighted by Gasteiger charge is -2.30. The van der Waals surface area contributed by atoms with Crippen LogP contribution in [0.4, 0.5) is 11.4 Å². The van der Waals surface area contributed by atoms with Crippen LogP contribution in [0.2, 0.25) is 0 Å². The zero-order valence-electron chi connectivity index (χ0n) is 17.5. The second-order valence-corrected chi connectivity index (χ2v) is 9.94. The number of fused-ring (bicyclic) bond motifs is 1. The minimum absolute atomic E-state index is 0.0724. The fourth-order valence-electron chi connectivity index (χ4n) is 4.41. The highest BCUT2D eigenvalue weighted by Crippen LogP contribution is 2.51. The van der Waals surface area contributed by atoms with Gasteiger partial charge in [0.15, 0.2) is 5.17 Å². The number of aliphatic imine (C=N–C) groups is 1. The van der Waals surface area contributed by atoms with Gasteiger partial charge in [-0.15, -0.1) is 0 Å². The molecule has 0 aromatic heterocycles. The summed E-state index contributed by atoms with van der Waals surface area (Å²) in [5.41, 5.74) is 1.91. The molecule has 1 amide bonds. The van der Waals surface area contributed by atoms with Crippen molar-refractivity contribution in [2.45, 2.75) is 50.0 Å². The number of anilines is 1. The number of carbonyl (C=O) groups is 1. The number of amides is 1. The molecule has 5 rings (SSSR count). The molecular formula is C24H25N3O2S2. The van der Waals surface area contributed by atoms with Crippen molar-refractivity contribution >= 4 is 46.0 Å². The van der Waals surface area contributed by atoms with Gasteiger partial charge in [-0.2, -0.15) is 0 Å². The highest BCUT2D eigenvalue weighted by Gasteiger charge is 2.42. The van der Waals surface area contributed by atoms with E-state index in [1.165, 1.54) is 28.8 Å². The van der Waals surface area contributed by atoms with Gasteiger partial charge in [-0.25, -0.2) is 4.99 Å². The van der Waals surface area contributed by atoms with Gasteiger partial charge in [0.05, 0.1) is 11.4 Å². The van der Waals surface area contributed by atoms with Crippen molar-refractivity contribution in [2.24, 2.45) is 4.99 Å². The van der Waals surface area contributed by atoms with E-state index in [2.05, 4.69) is 24.0 Å². The van der Waals surface area contributed by atoms with Crippen LogP contribution in [0.5, 0.6) is 5.75 Å². The molecule has 3 aliphatic rings. The number of thioether (sulfide) groups is 2. The van der Waals surface area contributed by atoms with Gasteiger partial charge in [0.25, 0.3) is 5.91 Å². The Hall–Kier alpha value is -2.38. The maximum absolute atomic E-state index is 13.7. The zero-order chi connectivity index (χ0) is 21.4. The molecule has 0 unspecified atom stereocenters. The number of phenols is 1. The third-order valence-corrected chi connectivity index (χ3v) is 8.30. The molecule has 160 valence electrons. The van der Waals surface area contributed by atoms with E-state index in [9.17, 15) is 9.90 Å². The largest absolute Gasteiger partial charge is 0.508 e. The smallest absolute Gasteiger partial charge is 0.269 e. The van der Waals surface area contributed by atoms with E-state index in [1.807, 2.05) is 17.0 Å². The van der Waals surface area contributed by atoms with E-state index in [0.717, 1.165) is 53.0 Å². The van der Waals surface area contributed by atoms with Crippen molar-refractivity contribution < 1.29 is 9.90 Å². The van der Waals surface area contributed by atoms with Crippen molar-refractivity contribution in [3.63, 3.8) is 0 Å². The number of aromatic hydroxyl groups is 1. The Morgan fingerprint density at radius 3 is 2.52 bits per heavy atom. The van der Waals surface area contributed by atoms with Gasteiger partial charge in [0, 0.05) is 17.5 Å². The summed E-state index contributed by atoms with van der Waals surface area (Å²) in [6.07, 6.45) is 5.58. The summed E-state index contributed by atoms with van der Waals surface area (Å²) in [6.45, 7) is 2.93. The van der Waals surface area contributed by atoms with Gasteiger partial charge in [-0.3, -0.25) is 9.69 Å². The summed E-state index contributed by atoms with van der Waals surface area (Å²) in [5.74, 6) is 0.285. The number of hydrogen-bond acceptors (Lipinski definition) is 6. The lowest BCUT2D eigenvalue weighted by atomic mass is 9.94. The summed E-state index contributed by atoms with van der Waals surface area (Å²) < 4.78 is 0. The molecule has 1 aliphatic carbocycles. The summed E-state index contributed by atoms with van der Waals surface area (Å²) in [5, 5.41) is 11.4. The van der Waals surface area contributed by atoms with Gasteiger partial charge >= 0.3 is 0 Å². The Morgan fingerprint density at radius 2 is 1.77 bits per heavy atom. The third-order valence-electron chi connectivity index (χ3n) is 5.95. The molecule has 1 saturated heterocycles. The molecule has 0 atom stereocenters. The number of carbonyl (C=O) groups excluding carboxylic acids is 1. The minimum Gasteiger partial charge on any atom is -0.508 e. The van der Waals surface area contributed by atoms with E-state index in [4.69, 9.17) is 4.99 Å². The van der Waals surface area contributed by atoms with E-state index >= 15 is 0 Å².